The SMILES string of the molecule is CCn1c(CNC(=O)Nc2cccc3cnccc23)n[nH]c1=S. The van der Waals surface area contributed by atoms with Crippen molar-refractivity contribution in [3.8, 4) is 0 Å². The second kappa shape index (κ2) is 6.57. The van der Waals surface area contributed by atoms with Crippen molar-refractivity contribution in [2.45, 2.75) is 20.0 Å². The van der Waals surface area contributed by atoms with Crippen LogP contribution in [0.3, 0.4) is 0 Å². The molecule has 0 fully saturated rings. The van der Waals surface area contributed by atoms with E-state index in [0.29, 0.717) is 23.7 Å². The summed E-state index contributed by atoms with van der Waals surface area (Å²) in [7, 11) is 0. The minimum atomic E-state index is -0.300. The molecule has 0 saturated carbocycles. The maximum atomic E-state index is 12.1. The van der Waals surface area contributed by atoms with Crippen LogP contribution < -0.4 is 10.6 Å². The largest absolute Gasteiger partial charge is 0.331 e. The minimum absolute atomic E-state index is 0.291. The van der Waals surface area contributed by atoms with Crippen LogP contribution >= 0.6 is 12.2 Å². The van der Waals surface area contributed by atoms with Crippen LogP contribution in [0.1, 0.15) is 12.7 Å². The predicted octanol–water partition coefficient (Wildman–Crippen LogP) is 2.83. The smallest absolute Gasteiger partial charge is 0.319 e. The van der Waals surface area contributed by atoms with Crippen molar-refractivity contribution in [3.05, 3.63) is 47.3 Å². The predicted molar refractivity (Wildman–Crippen MR) is 90.7 cm³/mol. The molecule has 0 spiro atoms. The summed E-state index contributed by atoms with van der Waals surface area (Å²) in [4.78, 5) is 16.2. The zero-order chi connectivity index (χ0) is 16.2. The molecule has 0 radical (unpaired) electrons. The third-order valence-electron chi connectivity index (χ3n) is 3.49. The van der Waals surface area contributed by atoms with E-state index in [4.69, 9.17) is 12.2 Å². The van der Waals surface area contributed by atoms with E-state index in [1.807, 2.05) is 35.8 Å². The van der Waals surface area contributed by atoms with Gasteiger partial charge in [0, 0.05) is 29.7 Å². The maximum absolute atomic E-state index is 12.1. The molecule has 2 amide bonds. The number of benzene rings is 1. The van der Waals surface area contributed by atoms with Crippen LogP contribution in [0.25, 0.3) is 10.8 Å². The van der Waals surface area contributed by atoms with Crippen LogP contribution in [-0.4, -0.2) is 25.8 Å². The van der Waals surface area contributed by atoms with Crippen molar-refractivity contribution < 1.29 is 4.79 Å². The molecule has 2 aromatic heterocycles. The number of nitrogens with zero attached hydrogens (tertiary/aromatic N) is 3. The standard InChI is InChI=1S/C15H16N6OS/c1-2-21-13(19-20-15(21)23)9-17-14(22)18-12-5-3-4-10-8-16-7-6-11(10)12/h3-8H,2,9H2,1H3,(H,20,23)(H2,17,18,22). The van der Waals surface area contributed by atoms with Gasteiger partial charge in [-0.2, -0.15) is 5.10 Å². The molecular formula is C15H16N6OS. The van der Waals surface area contributed by atoms with Gasteiger partial charge in [0.2, 0.25) is 0 Å². The van der Waals surface area contributed by atoms with Gasteiger partial charge >= 0.3 is 6.03 Å². The Labute approximate surface area is 137 Å². The topological polar surface area (TPSA) is 87.6 Å². The zero-order valence-corrected chi connectivity index (χ0v) is 13.4. The Morgan fingerprint density at radius 1 is 1.39 bits per heavy atom. The zero-order valence-electron chi connectivity index (χ0n) is 12.5. The highest BCUT2D eigenvalue weighted by molar-refractivity contribution is 7.71. The fraction of sp³-hybridized carbons (Fsp3) is 0.200. The quantitative estimate of drug-likeness (QED) is 0.643. The van der Waals surface area contributed by atoms with Gasteiger partial charge in [-0.25, -0.2) is 4.79 Å². The average molecular weight is 328 g/mol. The summed E-state index contributed by atoms with van der Waals surface area (Å²) in [5.74, 6) is 0.690. The number of hydrogen-bond acceptors (Lipinski definition) is 4. The van der Waals surface area contributed by atoms with Crippen molar-refractivity contribution in [2.24, 2.45) is 0 Å². The Morgan fingerprint density at radius 3 is 3.09 bits per heavy atom. The van der Waals surface area contributed by atoms with Gasteiger partial charge in [-0.1, -0.05) is 12.1 Å². The molecule has 0 aliphatic heterocycles. The summed E-state index contributed by atoms with van der Waals surface area (Å²) in [6, 6.07) is 7.25. The lowest BCUT2D eigenvalue weighted by Crippen LogP contribution is -2.29. The highest BCUT2D eigenvalue weighted by Crippen LogP contribution is 2.21. The number of rotatable bonds is 4. The van der Waals surface area contributed by atoms with Crippen molar-refractivity contribution in [1.29, 1.82) is 0 Å². The van der Waals surface area contributed by atoms with Crippen molar-refractivity contribution in [2.75, 3.05) is 5.32 Å². The van der Waals surface area contributed by atoms with Crippen LogP contribution in [0.15, 0.2) is 36.7 Å². The van der Waals surface area contributed by atoms with Crippen LogP contribution in [0.2, 0.25) is 0 Å². The number of hydrogen-bond donors (Lipinski definition) is 3. The first kappa shape index (κ1) is 15.2. The third kappa shape index (κ3) is 3.21. The van der Waals surface area contributed by atoms with Crippen LogP contribution in [0, 0.1) is 4.77 Å². The van der Waals surface area contributed by atoms with Crippen LogP contribution in [0.5, 0.6) is 0 Å². The minimum Gasteiger partial charge on any atom is -0.331 e. The Bertz CT molecular complexity index is 895. The molecular weight excluding hydrogens is 312 g/mol. The van der Waals surface area contributed by atoms with E-state index in [9.17, 15) is 4.79 Å². The molecule has 0 saturated heterocycles. The van der Waals surface area contributed by atoms with E-state index in [0.717, 1.165) is 16.5 Å². The second-order valence-electron chi connectivity index (χ2n) is 4.90. The third-order valence-corrected chi connectivity index (χ3v) is 3.80. The molecule has 0 bridgehead atoms. The number of urea groups is 1. The van der Waals surface area contributed by atoms with Gasteiger partial charge in [0.05, 0.1) is 12.2 Å². The van der Waals surface area contributed by atoms with Crippen LogP contribution in [0.4, 0.5) is 10.5 Å². The first-order valence-corrected chi connectivity index (χ1v) is 7.61. The highest BCUT2D eigenvalue weighted by Gasteiger charge is 2.08. The first-order chi connectivity index (χ1) is 11.2. The number of fused-ring (bicyclic) bond motifs is 1. The summed E-state index contributed by atoms with van der Waals surface area (Å²) in [6.45, 7) is 2.96. The molecule has 3 rings (SSSR count). The van der Waals surface area contributed by atoms with E-state index in [1.165, 1.54) is 0 Å². The molecule has 7 nitrogen and oxygen atoms in total. The molecule has 118 valence electrons. The first-order valence-electron chi connectivity index (χ1n) is 7.20. The highest BCUT2D eigenvalue weighted by atomic mass is 32.1. The van der Waals surface area contributed by atoms with Gasteiger partial charge in [-0.3, -0.25) is 10.1 Å². The average Bonchev–Trinajstić information content (AvgIpc) is 2.93. The number of nitrogens with one attached hydrogen (secondary N) is 3. The van der Waals surface area contributed by atoms with Crippen molar-refractivity contribution in [3.63, 3.8) is 0 Å². The van der Waals surface area contributed by atoms with E-state index < -0.39 is 0 Å². The second-order valence-corrected chi connectivity index (χ2v) is 5.29. The van der Waals surface area contributed by atoms with Gasteiger partial charge in [-0.15, -0.1) is 0 Å². The Balaban J connectivity index is 1.70. The van der Waals surface area contributed by atoms with Crippen molar-refractivity contribution >= 4 is 34.7 Å². The van der Waals surface area contributed by atoms with E-state index in [1.54, 1.807) is 12.4 Å². The Kier molecular flexibility index (Phi) is 4.33. The lowest BCUT2D eigenvalue weighted by molar-refractivity contribution is 0.251. The maximum Gasteiger partial charge on any atom is 0.319 e. The normalized spacial score (nSPS) is 10.7. The van der Waals surface area contributed by atoms with Gasteiger partial charge in [0.1, 0.15) is 0 Å². The Morgan fingerprint density at radius 2 is 2.26 bits per heavy atom. The number of anilines is 1. The summed E-state index contributed by atoms with van der Waals surface area (Å²) >= 11 is 5.12. The fourth-order valence-electron chi connectivity index (χ4n) is 2.37. The summed E-state index contributed by atoms with van der Waals surface area (Å²) < 4.78 is 2.38. The number of aromatic amines is 1. The molecule has 3 aromatic rings. The number of pyridine rings is 1. The number of carbonyl (C=O) groups is 1. The number of H-pyrrole nitrogens is 1. The molecule has 8 heteroatoms. The molecule has 1 aromatic carbocycles. The molecule has 23 heavy (non-hydrogen) atoms. The number of amides is 2. The van der Waals surface area contributed by atoms with E-state index in [-0.39, 0.29) is 6.03 Å². The number of carbonyl (C=O) groups excluding carboxylic acids is 1. The Hall–Kier alpha value is -2.74. The fourth-order valence-corrected chi connectivity index (χ4v) is 2.65. The van der Waals surface area contributed by atoms with Gasteiger partial charge in [0.15, 0.2) is 10.6 Å². The summed E-state index contributed by atoms with van der Waals surface area (Å²) in [5, 5.41) is 14.4. The molecule has 3 N–H and O–H groups in total. The van der Waals surface area contributed by atoms with Gasteiger partial charge in [0.25, 0.3) is 0 Å². The van der Waals surface area contributed by atoms with Crippen molar-refractivity contribution in [1.82, 2.24) is 25.1 Å². The van der Waals surface area contributed by atoms with E-state index in [2.05, 4.69) is 25.8 Å². The van der Waals surface area contributed by atoms with Gasteiger partial charge in [-0.05, 0) is 31.3 Å². The lowest BCUT2D eigenvalue weighted by atomic mass is 10.1. The number of aromatic nitrogens is 4. The van der Waals surface area contributed by atoms with Crippen LogP contribution in [-0.2, 0) is 13.1 Å². The molecule has 0 atom stereocenters. The summed E-state index contributed by atoms with van der Waals surface area (Å²) in [6.07, 6.45) is 3.46. The molecule has 0 aliphatic carbocycles. The van der Waals surface area contributed by atoms with Gasteiger partial charge < -0.3 is 15.2 Å². The molecule has 0 aliphatic rings. The van der Waals surface area contributed by atoms with E-state index >= 15 is 0 Å². The monoisotopic (exact) mass is 328 g/mol. The summed E-state index contributed by atoms with van der Waals surface area (Å²) in [5.41, 5.74) is 0.733. The lowest BCUT2D eigenvalue weighted by Gasteiger charge is -2.10. The molecule has 2 heterocycles. The molecule has 0 unspecified atom stereocenters.